The Morgan fingerprint density at radius 1 is 1.04 bits per heavy atom. The molecule has 0 saturated heterocycles. The lowest BCUT2D eigenvalue weighted by Crippen LogP contribution is -2.22. The van der Waals surface area contributed by atoms with Gasteiger partial charge in [-0.15, -0.1) is 0 Å². The van der Waals surface area contributed by atoms with Gasteiger partial charge in [-0.25, -0.2) is 14.2 Å². The molecule has 2 aromatic carbocycles. The molecule has 28 heavy (non-hydrogen) atoms. The molecule has 0 aliphatic carbocycles. The summed E-state index contributed by atoms with van der Waals surface area (Å²) in [7, 11) is 0. The SMILES string of the molecule is CC(C)c1ccc(CN(Cc2ccc(F)cc2)Cc2nc(C(=O)O)co2)cc1. The zero-order chi connectivity index (χ0) is 20.1. The predicted octanol–water partition coefficient (Wildman–Crippen LogP) is 4.84. The molecular formula is C22H23FN2O3. The molecule has 0 bridgehead atoms. The van der Waals surface area contributed by atoms with E-state index in [1.54, 1.807) is 12.1 Å². The van der Waals surface area contributed by atoms with Crippen LogP contribution in [0.1, 0.15) is 52.8 Å². The second-order valence-electron chi connectivity index (χ2n) is 7.10. The number of hydrogen-bond acceptors (Lipinski definition) is 4. The van der Waals surface area contributed by atoms with E-state index < -0.39 is 5.97 Å². The molecular weight excluding hydrogens is 359 g/mol. The molecule has 5 nitrogen and oxygen atoms in total. The lowest BCUT2D eigenvalue weighted by atomic mass is 10.0. The van der Waals surface area contributed by atoms with Crippen molar-refractivity contribution in [3.63, 3.8) is 0 Å². The van der Waals surface area contributed by atoms with Crippen LogP contribution in [0.4, 0.5) is 4.39 Å². The zero-order valence-electron chi connectivity index (χ0n) is 15.9. The summed E-state index contributed by atoms with van der Waals surface area (Å²) < 4.78 is 18.5. The maximum atomic E-state index is 13.2. The number of aromatic nitrogens is 1. The first-order valence-corrected chi connectivity index (χ1v) is 9.14. The zero-order valence-corrected chi connectivity index (χ0v) is 15.9. The van der Waals surface area contributed by atoms with E-state index in [2.05, 4.69) is 48.0 Å². The van der Waals surface area contributed by atoms with Gasteiger partial charge in [-0.05, 0) is 34.7 Å². The Labute approximate surface area is 163 Å². The highest BCUT2D eigenvalue weighted by Crippen LogP contribution is 2.18. The fourth-order valence-corrected chi connectivity index (χ4v) is 2.95. The van der Waals surface area contributed by atoms with Gasteiger partial charge in [-0.2, -0.15) is 0 Å². The summed E-state index contributed by atoms with van der Waals surface area (Å²) in [6.07, 6.45) is 1.14. The van der Waals surface area contributed by atoms with Crippen molar-refractivity contribution in [1.29, 1.82) is 0 Å². The Kier molecular flexibility index (Phi) is 6.21. The molecule has 146 valence electrons. The first-order chi connectivity index (χ1) is 13.4. The van der Waals surface area contributed by atoms with Gasteiger partial charge in [0.15, 0.2) is 5.69 Å². The smallest absolute Gasteiger partial charge is 0.357 e. The highest BCUT2D eigenvalue weighted by molar-refractivity contribution is 5.84. The van der Waals surface area contributed by atoms with Gasteiger partial charge in [0, 0.05) is 13.1 Å². The Hall–Kier alpha value is -2.99. The van der Waals surface area contributed by atoms with E-state index in [4.69, 9.17) is 9.52 Å². The minimum atomic E-state index is -1.12. The van der Waals surface area contributed by atoms with Crippen LogP contribution in [0, 0.1) is 5.82 Å². The molecule has 0 atom stereocenters. The largest absolute Gasteiger partial charge is 0.476 e. The average molecular weight is 382 g/mol. The number of carboxylic acids is 1. The monoisotopic (exact) mass is 382 g/mol. The van der Waals surface area contributed by atoms with Crippen molar-refractivity contribution in [1.82, 2.24) is 9.88 Å². The van der Waals surface area contributed by atoms with Gasteiger partial charge in [0.05, 0.1) is 6.54 Å². The van der Waals surface area contributed by atoms with E-state index in [1.165, 1.54) is 17.7 Å². The van der Waals surface area contributed by atoms with Gasteiger partial charge < -0.3 is 9.52 Å². The molecule has 1 heterocycles. The summed E-state index contributed by atoms with van der Waals surface area (Å²) in [6.45, 7) is 5.82. The van der Waals surface area contributed by atoms with Gasteiger partial charge in [0.25, 0.3) is 0 Å². The van der Waals surface area contributed by atoms with Crippen LogP contribution in [0.3, 0.4) is 0 Å². The molecule has 1 aromatic heterocycles. The third-order valence-electron chi connectivity index (χ3n) is 4.50. The van der Waals surface area contributed by atoms with Gasteiger partial charge >= 0.3 is 5.97 Å². The molecule has 0 amide bonds. The van der Waals surface area contributed by atoms with Gasteiger partial charge in [0.1, 0.15) is 12.1 Å². The van der Waals surface area contributed by atoms with Crippen LogP contribution in [0.2, 0.25) is 0 Å². The molecule has 0 unspecified atom stereocenters. The van der Waals surface area contributed by atoms with E-state index in [0.717, 1.165) is 17.4 Å². The fraction of sp³-hybridized carbons (Fsp3) is 0.273. The number of carboxylic acid groups (broad SMARTS) is 1. The molecule has 1 N–H and O–H groups in total. The predicted molar refractivity (Wildman–Crippen MR) is 103 cm³/mol. The third kappa shape index (κ3) is 5.27. The van der Waals surface area contributed by atoms with Crippen molar-refractivity contribution in [2.24, 2.45) is 0 Å². The minimum absolute atomic E-state index is 0.113. The van der Waals surface area contributed by atoms with Crippen LogP contribution >= 0.6 is 0 Å². The second-order valence-corrected chi connectivity index (χ2v) is 7.10. The van der Waals surface area contributed by atoms with Crippen LogP contribution < -0.4 is 0 Å². The molecule has 0 spiro atoms. The number of rotatable bonds is 8. The lowest BCUT2D eigenvalue weighted by Gasteiger charge is -2.21. The van der Waals surface area contributed by atoms with E-state index in [-0.39, 0.29) is 11.5 Å². The Morgan fingerprint density at radius 3 is 2.11 bits per heavy atom. The van der Waals surface area contributed by atoms with Crippen LogP contribution in [0.25, 0.3) is 0 Å². The normalized spacial score (nSPS) is 11.3. The van der Waals surface area contributed by atoms with E-state index in [1.807, 2.05) is 0 Å². The maximum Gasteiger partial charge on any atom is 0.357 e. The number of aromatic carboxylic acids is 1. The molecule has 3 rings (SSSR count). The number of nitrogens with zero attached hydrogens (tertiary/aromatic N) is 2. The van der Waals surface area contributed by atoms with Gasteiger partial charge in [-0.3, -0.25) is 4.90 Å². The molecule has 0 fully saturated rings. The van der Waals surface area contributed by atoms with Crippen molar-refractivity contribution in [2.45, 2.75) is 39.4 Å². The molecule has 3 aromatic rings. The van der Waals surface area contributed by atoms with Crippen molar-refractivity contribution >= 4 is 5.97 Å². The van der Waals surface area contributed by atoms with E-state index >= 15 is 0 Å². The summed E-state index contributed by atoms with van der Waals surface area (Å²) in [4.78, 5) is 17.1. The molecule has 0 radical (unpaired) electrons. The van der Waals surface area contributed by atoms with Crippen molar-refractivity contribution in [2.75, 3.05) is 0 Å². The molecule has 0 saturated carbocycles. The van der Waals surface area contributed by atoms with Crippen LogP contribution in [-0.4, -0.2) is 21.0 Å². The first-order valence-electron chi connectivity index (χ1n) is 9.14. The summed E-state index contributed by atoms with van der Waals surface area (Å²) in [5, 5.41) is 9.03. The highest BCUT2D eigenvalue weighted by atomic mass is 19.1. The molecule has 6 heteroatoms. The maximum absolute atomic E-state index is 13.2. The summed E-state index contributed by atoms with van der Waals surface area (Å²) in [5.41, 5.74) is 3.23. The van der Waals surface area contributed by atoms with Gasteiger partial charge in [0.2, 0.25) is 5.89 Å². The van der Waals surface area contributed by atoms with E-state index in [0.29, 0.717) is 31.4 Å². The van der Waals surface area contributed by atoms with Crippen LogP contribution in [-0.2, 0) is 19.6 Å². The number of carbonyl (C=O) groups is 1. The summed E-state index contributed by atoms with van der Waals surface area (Å²) in [6, 6.07) is 14.7. The summed E-state index contributed by atoms with van der Waals surface area (Å²) >= 11 is 0. The molecule has 0 aliphatic rings. The minimum Gasteiger partial charge on any atom is -0.476 e. The molecule has 0 aliphatic heterocycles. The Bertz CT molecular complexity index is 918. The van der Waals surface area contributed by atoms with E-state index in [9.17, 15) is 9.18 Å². The number of halogens is 1. The first kappa shape index (κ1) is 19.8. The standard InChI is InChI=1S/C22H23FN2O3/c1-15(2)18-7-3-16(4-8-18)11-25(12-17-5-9-19(23)10-6-17)13-21-24-20(14-28-21)22(26)27/h3-10,14-15H,11-13H2,1-2H3,(H,26,27). The quantitative estimate of drug-likeness (QED) is 0.604. The van der Waals surface area contributed by atoms with Crippen molar-refractivity contribution < 1.29 is 18.7 Å². The van der Waals surface area contributed by atoms with Crippen molar-refractivity contribution in [3.8, 4) is 0 Å². The fourth-order valence-electron chi connectivity index (χ4n) is 2.95. The van der Waals surface area contributed by atoms with Crippen molar-refractivity contribution in [3.05, 3.63) is 88.9 Å². The third-order valence-corrected chi connectivity index (χ3v) is 4.50. The number of oxazole rings is 1. The Morgan fingerprint density at radius 2 is 1.61 bits per heavy atom. The van der Waals surface area contributed by atoms with Gasteiger partial charge in [-0.1, -0.05) is 50.2 Å². The second kappa shape index (κ2) is 8.80. The average Bonchev–Trinajstić information content (AvgIpc) is 3.13. The summed E-state index contributed by atoms with van der Waals surface area (Å²) in [5.74, 6) is -0.604. The Balaban J connectivity index is 1.78. The topological polar surface area (TPSA) is 66.6 Å². The highest BCUT2D eigenvalue weighted by Gasteiger charge is 2.15. The van der Waals surface area contributed by atoms with Crippen LogP contribution in [0.15, 0.2) is 59.2 Å². The lowest BCUT2D eigenvalue weighted by molar-refractivity contribution is 0.0690. The number of benzene rings is 2. The van der Waals surface area contributed by atoms with Crippen LogP contribution in [0.5, 0.6) is 0 Å². The number of hydrogen-bond donors (Lipinski definition) is 1.